The number of nitrogens with one attached hydrogen (secondary N) is 1. The van der Waals surface area contributed by atoms with E-state index in [1.54, 1.807) is 55.3 Å². The molecule has 0 saturated carbocycles. The van der Waals surface area contributed by atoms with Crippen LogP contribution in [0, 0.1) is 13.8 Å². The standard InChI is InChI=1S/C27H28N4O3.C3H6/c1-16-6-9-21(29-18(3)30-26(34-5)19-7-10-22(32)11-8-19)14-23(16)24-13-20-15-28-17(2)12-25(20)31(4)27(24)33;1-3-2/h6-15,18,29,32H,1-5H3;3H,1H2,2H3/b30-26-;. The number of benzene rings is 2. The zero-order chi connectivity index (χ0) is 27.1. The maximum absolute atomic E-state index is 13.2. The average molecular weight is 499 g/mol. The lowest BCUT2D eigenvalue weighted by Gasteiger charge is -2.16. The summed E-state index contributed by atoms with van der Waals surface area (Å²) in [6, 6.07) is 16.4. The Labute approximate surface area is 217 Å². The van der Waals surface area contributed by atoms with Crippen LogP contribution >= 0.6 is 0 Å². The number of aryl methyl sites for hydroxylation is 3. The van der Waals surface area contributed by atoms with Gasteiger partial charge in [-0.25, -0.2) is 4.99 Å². The Morgan fingerprint density at radius 1 is 1.14 bits per heavy atom. The Balaban J connectivity index is 0.00000121. The number of aromatic hydroxyl groups is 1. The first-order valence-corrected chi connectivity index (χ1v) is 12.0. The molecule has 2 N–H and O–H groups in total. The highest BCUT2D eigenvalue weighted by molar-refractivity contribution is 5.94. The molecule has 2 aromatic heterocycles. The van der Waals surface area contributed by atoms with Crippen molar-refractivity contribution in [3.63, 3.8) is 0 Å². The van der Waals surface area contributed by atoms with Gasteiger partial charge in [0.05, 0.1) is 12.6 Å². The quantitative estimate of drug-likeness (QED) is 0.201. The lowest BCUT2D eigenvalue weighted by atomic mass is 9.99. The third kappa shape index (κ3) is 6.44. The molecule has 192 valence electrons. The summed E-state index contributed by atoms with van der Waals surface area (Å²) in [5.74, 6) is 0.641. The summed E-state index contributed by atoms with van der Waals surface area (Å²) in [5, 5.41) is 13.8. The van der Waals surface area contributed by atoms with E-state index in [2.05, 4.69) is 21.9 Å². The van der Waals surface area contributed by atoms with E-state index in [-0.39, 0.29) is 17.5 Å². The molecule has 1 atom stereocenters. The topological polar surface area (TPSA) is 88.7 Å². The van der Waals surface area contributed by atoms with Crippen molar-refractivity contribution in [1.82, 2.24) is 9.55 Å². The summed E-state index contributed by atoms with van der Waals surface area (Å²) in [7, 11) is 3.35. The molecule has 2 heterocycles. The van der Waals surface area contributed by atoms with Crippen LogP contribution < -0.4 is 10.9 Å². The fraction of sp³-hybridized carbons (Fsp3) is 0.233. The van der Waals surface area contributed by atoms with Gasteiger partial charge in [0.15, 0.2) is 0 Å². The molecular weight excluding hydrogens is 464 g/mol. The highest BCUT2D eigenvalue weighted by Gasteiger charge is 2.13. The number of ether oxygens (including phenoxy) is 1. The minimum atomic E-state index is -0.300. The van der Waals surface area contributed by atoms with Crippen LogP contribution in [0.3, 0.4) is 0 Å². The van der Waals surface area contributed by atoms with Crippen molar-refractivity contribution in [1.29, 1.82) is 0 Å². The minimum Gasteiger partial charge on any atom is -0.508 e. The first kappa shape index (κ1) is 27.2. The second-order valence-corrected chi connectivity index (χ2v) is 8.75. The number of hydrogen-bond acceptors (Lipinski definition) is 6. The third-order valence-electron chi connectivity index (χ3n) is 5.77. The van der Waals surface area contributed by atoms with Crippen LogP contribution in [-0.2, 0) is 11.8 Å². The van der Waals surface area contributed by atoms with E-state index in [0.29, 0.717) is 11.5 Å². The van der Waals surface area contributed by atoms with Gasteiger partial charge in [0.1, 0.15) is 11.9 Å². The Bertz CT molecular complexity index is 1490. The van der Waals surface area contributed by atoms with Crippen molar-refractivity contribution in [2.24, 2.45) is 12.0 Å². The van der Waals surface area contributed by atoms with Gasteiger partial charge in [0.25, 0.3) is 5.56 Å². The number of phenolic OH excluding ortho intramolecular Hbond substituents is 1. The van der Waals surface area contributed by atoms with Gasteiger partial charge < -0.3 is 19.7 Å². The molecule has 7 heteroatoms. The number of hydrogen-bond donors (Lipinski definition) is 2. The molecule has 0 aliphatic carbocycles. The van der Waals surface area contributed by atoms with Crippen LogP contribution in [0.1, 0.15) is 30.7 Å². The molecule has 37 heavy (non-hydrogen) atoms. The Morgan fingerprint density at radius 2 is 1.81 bits per heavy atom. The molecule has 0 saturated heterocycles. The van der Waals surface area contributed by atoms with Crippen molar-refractivity contribution in [3.8, 4) is 16.9 Å². The van der Waals surface area contributed by atoms with Crippen LogP contribution in [0.2, 0.25) is 0 Å². The van der Waals surface area contributed by atoms with Gasteiger partial charge in [-0.15, -0.1) is 6.58 Å². The molecule has 0 aliphatic rings. The van der Waals surface area contributed by atoms with Crippen LogP contribution in [0.25, 0.3) is 22.0 Å². The number of aliphatic imine (C=N–C) groups is 1. The highest BCUT2D eigenvalue weighted by atomic mass is 16.5. The lowest BCUT2D eigenvalue weighted by Crippen LogP contribution is -2.20. The summed E-state index contributed by atoms with van der Waals surface area (Å²) in [6.07, 6.45) is 3.25. The molecule has 2 aromatic carbocycles. The SMILES string of the molecule is C=CC.CO/C(=N\C(C)Nc1ccc(C)c(-c2cc3cnc(C)cc3n(C)c2=O)c1)c1ccc(O)cc1. The van der Waals surface area contributed by atoms with Crippen molar-refractivity contribution in [3.05, 3.63) is 101 Å². The number of phenols is 1. The number of aromatic nitrogens is 2. The van der Waals surface area contributed by atoms with Crippen LogP contribution in [0.4, 0.5) is 5.69 Å². The highest BCUT2D eigenvalue weighted by Crippen LogP contribution is 2.27. The summed E-state index contributed by atoms with van der Waals surface area (Å²) >= 11 is 0. The summed E-state index contributed by atoms with van der Waals surface area (Å²) in [4.78, 5) is 22.2. The van der Waals surface area contributed by atoms with Crippen LogP contribution in [0.15, 0.2) is 83.2 Å². The minimum absolute atomic E-state index is 0.0570. The monoisotopic (exact) mass is 498 g/mol. The maximum atomic E-state index is 13.2. The molecule has 0 fully saturated rings. The van der Waals surface area contributed by atoms with E-state index in [0.717, 1.165) is 39.0 Å². The van der Waals surface area contributed by atoms with Gasteiger partial charge in [0, 0.05) is 41.1 Å². The van der Waals surface area contributed by atoms with Crippen molar-refractivity contribution < 1.29 is 9.84 Å². The number of allylic oxidation sites excluding steroid dienone is 1. The number of pyridine rings is 2. The maximum Gasteiger partial charge on any atom is 0.258 e. The number of nitrogens with zero attached hydrogens (tertiary/aromatic N) is 3. The smallest absolute Gasteiger partial charge is 0.258 e. The van der Waals surface area contributed by atoms with Gasteiger partial charge in [-0.05, 0) is 87.4 Å². The van der Waals surface area contributed by atoms with Crippen LogP contribution in [0.5, 0.6) is 5.75 Å². The van der Waals surface area contributed by atoms with Crippen molar-refractivity contribution in [2.45, 2.75) is 33.9 Å². The summed E-state index contributed by atoms with van der Waals surface area (Å²) < 4.78 is 7.13. The third-order valence-corrected chi connectivity index (χ3v) is 5.77. The van der Waals surface area contributed by atoms with Gasteiger partial charge in [-0.1, -0.05) is 12.1 Å². The largest absolute Gasteiger partial charge is 0.508 e. The second-order valence-electron chi connectivity index (χ2n) is 8.75. The first-order valence-electron chi connectivity index (χ1n) is 12.0. The molecule has 7 nitrogen and oxygen atoms in total. The number of anilines is 1. The van der Waals surface area contributed by atoms with E-state index in [4.69, 9.17) is 4.74 Å². The normalized spacial score (nSPS) is 11.9. The van der Waals surface area contributed by atoms with E-state index >= 15 is 0 Å². The molecule has 0 radical (unpaired) electrons. The Kier molecular flexibility index (Phi) is 8.85. The summed E-state index contributed by atoms with van der Waals surface area (Å²) in [6.45, 7) is 11.1. The first-order chi connectivity index (χ1) is 17.7. The molecule has 0 bridgehead atoms. The second kappa shape index (κ2) is 12.0. The molecule has 4 aromatic rings. The molecule has 0 amide bonds. The fourth-order valence-corrected chi connectivity index (χ4v) is 3.96. The predicted octanol–water partition coefficient (Wildman–Crippen LogP) is 5.97. The van der Waals surface area contributed by atoms with E-state index in [9.17, 15) is 9.90 Å². The van der Waals surface area contributed by atoms with Gasteiger partial charge in [-0.3, -0.25) is 9.78 Å². The van der Waals surface area contributed by atoms with E-state index in [1.165, 1.54) is 0 Å². The van der Waals surface area contributed by atoms with Crippen molar-refractivity contribution in [2.75, 3.05) is 12.4 Å². The van der Waals surface area contributed by atoms with Crippen LogP contribution in [-0.4, -0.2) is 33.8 Å². The zero-order valence-corrected chi connectivity index (χ0v) is 22.2. The molecule has 0 spiro atoms. The summed E-state index contributed by atoms with van der Waals surface area (Å²) in [5.41, 5.74) is 5.75. The van der Waals surface area contributed by atoms with E-state index in [1.807, 2.05) is 58.0 Å². The van der Waals surface area contributed by atoms with E-state index < -0.39 is 0 Å². The molecule has 1 unspecified atom stereocenters. The number of fused-ring (bicyclic) bond motifs is 1. The molecule has 4 rings (SSSR count). The number of rotatable bonds is 5. The van der Waals surface area contributed by atoms with Gasteiger partial charge >= 0.3 is 0 Å². The average Bonchev–Trinajstić information content (AvgIpc) is 2.87. The fourth-order valence-electron chi connectivity index (χ4n) is 3.96. The molecule has 0 aliphatic heterocycles. The molecular formula is C30H34N4O3. The Morgan fingerprint density at radius 3 is 2.46 bits per heavy atom. The predicted molar refractivity (Wildman–Crippen MR) is 153 cm³/mol. The zero-order valence-electron chi connectivity index (χ0n) is 22.2. The van der Waals surface area contributed by atoms with Gasteiger partial charge in [-0.2, -0.15) is 0 Å². The Hall–Kier alpha value is -4.39. The lowest BCUT2D eigenvalue weighted by molar-refractivity contribution is 0.400. The number of methoxy groups -OCH3 is 1. The van der Waals surface area contributed by atoms with Gasteiger partial charge in [0.2, 0.25) is 5.90 Å². The van der Waals surface area contributed by atoms with Crippen molar-refractivity contribution >= 4 is 22.5 Å².